The third kappa shape index (κ3) is 2.89. The summed E-state index contributed by atoms with van der Waals surface area (Å²) in [6.07, 6.45) is 1.44. The smallest absolute Gasteiger partial charge is 0.255 e. The highest BCUT2D eigenvalue weighted by atomic mass is 35.5. The van der Waals surface area contributed by atoms with Crippen molar-refractivity contribution in [1.29, 1.82) is 0 Å². The molecule has 21 heavy (non-hydrogen) atoms. The molecule has 112 valence electrons. The SMILES string of the molecule is O=C(c1cc(N2CCCC2=O)ccc1Cl)N1CCNCC1. The Morgan fingerprint density at radius 2 is 1.95 bits per heavy atom. The van der Waals surface area contributed by atoms with Crippen LogP contribution in [0.15, 0.2) is 18.2 Å². The molecule has 0 unspecified atom stereocenters. The first-order valence-electron chi connectivity index (χ1n) is 7.27. The molecule has 0 spiro atoms. The topological polar surface area (TPSA) is 52.7 Å². The van der Waals surface area contributed by atoms with Crippen molar-refractivity contribution < 1.29 is 9.59 Å². The third-order valence-electron chi connectivity index (χ3n) is 3.97. The average Bonchev–Trinajstić information content (AvgIpc) is 2.94. The molecule has 0 aromatic heterocycles. The largest absolute Gasteiger partial charge is 0.336 e. The molecule has 1 aromatic rings. The van der Waals surface area contributed by atoms with E-state index in [2.05, 4.69) is 5.32 Å². The molecule has 5 nitrogen and oxygen atoms in total. The van der Waals surface area contributed by atoms with Crippen LogP contribution in [-0.2, 0) is 4.79 Å². The van der Waals surface area contributed by atoms with Gasteiger partial charge in [0.2, 0.25) is 5.91 Å². The minimum atomic E-state index is -0.0602. The van der Waals surface area contributed by atoms with Crippen molar-refractivity contribution in [3.8, 4) is 0 Å². The summed E-state index contributed by atoms with van der Waals surface area (Å²) in [6.45, 7) is 3.67. The zero-order valence-electron chi connectivity index (χ0n) is 11.8. The molecule has 0 saturated carbocycles. The van der Waals surface area contributed by atoms with E-state index >= 15 is 0 Å². The number of rotatable bonds is 2. The molecule has 2 heterocycles. The minimum absolute atomic E-state index is 0.0602. The first-order chi connectivity index (χ1) is 10.2. The second-order valence-corrected chi connectivity index (χ2v) is 5.76. The summed E-state index contributed by atoms with van der Waals surface area (Å²) in [5.41, 5.74) is 1.25. The van der Waals surface area contributed by atoms with Crippen LogP contribution in [0.25, 0.3) is 0 Å². The fourth-order valence-electron chi connectivity index (χ4n) is 2.80. The van der Waals surface area contributed by atoms with Gasteiger partial charge in [-0.15, -0.1) is 0 Å². The number of carbonyl (C=O) groups excluding carboxylic acids is 2. The van der Waals surface area contributed by atoms with Crippen LogP contribution >= 0.6 is 11.6 Å². The van der Waals surface area contributed by atoms with E-state index in [0.717, 1.165) is 25.2 Å². The second kappa shape index (κ2) is 6.03. The fraction of sp³-hybridized carbons (Fsp3) is 0.467. The van der Waals surface area contributed by atoms with Gasteiger partial charge in [-0.3, -0.25) is 9.59 Å². The molecular formula is C15H18ClN3O2. The van der Waals surface area contributed by atoms with E-state index in [9.17, 15) is 9.59 Å². The van der Waals surface area contributed by atoms with Gasteiger partial charge in [0, 0.05) is 44.8 Å². The van der Waals surface area contributed by atoms with Crippen molar-refractivity contribution in [2.45, 2.75) is 12.8 Å². The Morgan fingerprint density at radius 1 is 1.19 bits per heavy atom. The van der Waals surface area contributed by atoms with Crippen LogP contribution in [0.3, 0.4) is 0 Å². The lowest BCUT2D eigenvalue weighted by Gasteiger charge is -2.28. The van der Waals surface area contributed by atoms with Crippen molar-refractivity contribution >= 4 is 29.1 Å². The maximum Gasteiger partial charge on any atom is 0.255 e. The molecule has 0 atom stereocenters. The molecule has 0 aliphatic carbocycles. The van der Waals surface area contributed by atoms with Gasteiger partial charge >= 0.3 is 0 Å². The van der Waals surface area contributed by atoms with Gasteiger partial charge in [-0.25, -0.2) is 0 Å². The van der Waals surface area contributed by atoms with Crippen LogP contribution in [0.2, 0.25) is 5.02 Å². The first kappa shape index (κ1) is 14.4. The second-order valence-electron chi connectivity index (χ2n) is 5.36. The molecule has 2 aliphatic heterocycles. The Labute approximate surface area is 128 Å². The number of halogens is 1. The van der Waals surface area contributed by atoms with Gasteiger partial charge in [-0.05, 0) is 24.6 Å². The van der Waals surface area contributed by atoms with E-state index in [1.165, 1.54) is 0 Å². The highest BCUT2D eigenvalue weighted by molar-refractivity contribution is 6.34. The lowest BCUT2D eigenvalue weighted by atomic mass is 10.1. The zero-order valence-corrected chi connectivity index (χ0v) is 12.5. The van der Waals surface area contributed by atoms with Crippen molar-refractivity contribution in [2.75, 3.05) is 37.6 Å². The Hall–Kier alpha value is -1.59. The van der Waals surface area contributed by atoms with Gasteiger partial charge in [0.25, 0.3) is 5.91 Å². The molecule has 1 N–H and O–H groups in total. The van der Waals surface area contributed by atoms with E-state index in [1.807, 2.05) is 0 Å². The summed E-state index contributed by atoms with van der Waals surface area (Å²) in [7, 11) is 0. The van der Waals surface area contributed by atoms with Gasteiger partial charge < -0.3 is 15.1 Å². The third-order valence-corrected chi connectivity index (χ3v) is 4.30. The standard InChI is InChI=1S/C15H18ClN3O2/c16-13-4-3-11(19-7-1-2-14(19)20)10-12(13)15(21)18-8-5-17-6-9-18/h3-4,10,17H,1-2,5-9H2. The number of benzene rings is 1. The quantitative estimate of drug-likeness (QED) is 0.901. The molecule has 0 radical (unpaired) electrons. The highest BCUT2D eigenvalue weighted by Gasteiger charge is 2.25. The lowest BCUT2D eigenvalue weighted by Crippen LogP contribution is -2.46. The number of carbonyl (C=O) groups is 2. The fourth-order valence-corrected chi connectivity index (χ4v) is 3.00. The summed E-state index contributed by atoms with van der Waals surface area (Å²) in [4.78, 5) is 27.9. The number of hydrogen-bond donors (Lipinski definition) is 1. The predicted octanol–water partition coefficient (Wildman–Crippen LogP) is 1.51. The van der Waals surface area contributed by atoms with Gasteiger partial charge in [0.05, 0.1) is 10.6 Å². The zero-order chi connectivity index (χ0) is 14.8. The van der Waals surface area contributed by atoms with Gasteiger partial charge in [0.1, 0.15) is 0 Å². The molecule has 2 saturated heterocycles. The molecule has 3 rings (SSSR count). The number of nitrogens with zero attached hydrogens (tertiary/aromatic N) is 2. The Balaban J connectivity index is 1.87. The summed E-state index contributed by atoms with van der Waals surface area (Å²) in [6, 6.07) is 5.26. The van der Waals surface area contributed by atoms with Crippen LogP contribution in [0.1, 0.15) is 23.2 Å². The summed E-state index contributed by atoms with van der Waals surface area (Å²) < 4.78 is 0. The number of anilines is 1. The highest BCUT2D eigenvalue weighted by Crippen LogP contribution is 2.27. The van der Waals surface area contributed by atoms with Crippen molar-refractivity contribution in [3.63, 3.8) is 0 Å². The van der Waals surface area contributed by atoms with Crippen LogP contribution < -0.4 is 10.2 Å². The molecule has 2 amide bonds. The predicted molar refractivity (Wildman–Crippen MR) is 81.8 cm³/mol. The van der Waals surface area contributed by atoms with Crippen LogP contribution in [0.5, 0.6) is 0 Å². The summed E-state index contributed by atoms with van der Waals surface area (Å²) in [5.74, 6) is 0.0490. The van der Waals surface area contributed by atoms with Crippen molar-refractivity contribution in [3.05, 3.63) is 28.8 Å². The number of nitrogens with one attached hydrogen (secondary N) is 1. The molecule has 0 bridgehead atoms. The van der Waals surface area contributed by atoms with E-state index in [0.29, 0.717) is 36.6 Å². The van der Waals surface area contributed by atoms with E-state index in [-0.39, 0.29) is 11.8 Å². The normalized spacial score (nSPS) is 19.2. The molecule has 1 aromatic carbocycles. The maximum absolute atomic E-state index is 12.6. The maximum atomic E-state index is 12.6. The summed E-state index contributed by atoms with van der Waals surface area (Å²) >= 11 is 6.19. The first-order valence-corrected chi connectivity index (χ1v) is 7.64. The Bertz CT molecular complexity index is 570. The van der Waals surface area contributed by atoms with E-state index in [1.54, 1.807) is 28.0 Å². The summed E-state index contributed by atoms with van der Waals surface area (Å²) in [5, 5.41) is 3.66. The van der Waals surface area contributed by atoms with E-state index < -0.39 is 0 Å². The van der Waals surface area contributed by atoms with Gasteiger partial charge in [-0.1, -0.05) is 11.6 Å². The van der Waals surface area contributed by atoms with E-state index in [4.69, 9.17) is 11.6 Å². The number of hydrogen-bond acceptors (Lipinski definition) is 3. The van der Waals surface area contributed by atoms with Crippen molar-refractivity contribution in [2.24, 2.45) is 0 Å². The van der Waals surface area contributed by atoms with Gasteiger partial charge in [0.15, 0.2) is 0 Å². The molecule has 2 fully saturated rings. The number of amides is 2. The molecule has 2 aliphatic rings. The molecular weight excluding hydrogens is 290 g/mol. The Morgan fingerprint density at radius 3 is 2.62 bits per heavy atom. The molecule has 6 heteroatoms. The van der Waals surface area contributed by atoms with Crippen LogP contribution in [0.4, 0.5) is 5.69 Å². The average molecular weight is 308 g/mol. The van der Waals surface area contributed by atoms with Gasteiger partial charge in [-0.2, -0.15) is 0 Å². The monoisotopic (exact) mass is 307 g/mol. The Kier molecular flexibility index (Phi) is 4.12. The van der Waals surface area contributed by atoms with Crippen LogP contribution in [-0.4, -0.2) is 49.4 Å². The lowest BCUT2D eigenvalue weighted by molar-refractivity contribution is -0.117. The van der Waals surface area contributed by atoms with Crippen LogP contribution in [0, 0.1) is 0 Å². The van der Waals surface area contributed by atoms with Crippen molar-refractivity contribution in [1.82, 2.24) is 10.2 Å². The number of piperazine rings is 1. The minimum Gasteiger partial charge on any atom is -0.336 e.